The van der Waals surface area contributed by atoms with Crippen LogP contribution < -0.4 is 4.90 Å². The van der Waals surface area contributed by atoms with Crippen LogP contribution in [0.25, 0.3) is 0 Å². The molecule has 1 atom stereocenters. The van der Waals surface area contributed by atoms with Crippen LogP contribution in [0, 0.1) is 0 Å². The summed E-state index contributed by atoms with van der Waals surface area (Å²) in [5, 5.41) is 19.2. The quantitative estimate of drug-likeness (QED) is 0.881. The fourth-order valence-corrected chi connectivity index (χ4v) is 1.82. The molecule has 0 saturated heterocycles. The van der Waals surface area contributed by atoms with Gasteiger partial charge in [0.05, 0.1) is 6.26 Å². The fourth-order valence-electron chi connectivity index (χ4n) is 1.82. The first-order valence-electron chi connectivity index (χ1n) is 5.76. The van der Waals surface area contributed by atoms with E-state index >= 15 is 0 Å². The monoisotopic (exact) mass is 261 g/mol. The van der Waals surface area contributed by atoms with Crippen molar-refractivity contribution in [2.24, 2.45) is 0 Å². The number of aliphatic hydroxyl groups excluding tert-OH is 1. The van der Waals surface area contributed by atoms with Crippen molar-refractivity contribution in [2.75, 3.05) is 19.0 Å². The number of furan rings is 1. The number of anilines is 1. The highest BCUT2D eigenvalue weighted by atomic mass is 16.4. The molecule has 2 aromatic rings. The van der Waals surface area contributed by atoms with Gasteiger partial charge >= 0.3 is 5.97 Å². The zero-order valence-electron chi connectivity index (χ0n) is 10.7. The molecule has 0 aliphatic heterocycles. The Morgan fingerprint density at radius 3 is 2.37 bits per heavy atom. The van der Waals surface area contributed by atoms with E-state index in [1.165, 1.54) is 12.3 Å². The van der Waals surface area contributed by atoms with Crippen molar-refractivity contribution in [3.8, 4) is 0 Å². The number of rotatable bonds is 4. The highest BCUT2D eigenvalue weighted by Gasteiger charge is 2.22. The number of aromatic carboxylic acids is 1. The van der Waals surface area contributed by atoms with Gasteiger partial charge in [-0.3, -0.25) is 0 Å². The lowest BCUT2D eigenvalue weighted by Gasteiger charge is -2.14. The number of carbonyl (C=O) groups is 1. The first-order chi connectivity index (χ1) is 9.00. The van der Waals surface area contributed by atoms with Crippen molar-refractivity contribution >= 4 is 11.7 Å². The molecule has 5 nitrogen and oxygen atoms in total. The Balaban J connectivity index is 2.30. The molecule has 1 aromatic heterocycles. The zero-order valence-corrected chi connectivity index (χ0v) is 10.7. The summed E-state index contributed by atoms with van der Waals surface area (Å²) in [5.74, 6) is -1.07. The van der Waals surface area contributed by atoms with Crippen LogP contribution >= 0.6 is 0 Å². The molecule has 100 valence electrons. The normalized spacial score (nSPS) is 12.2. The van der Waals surface area contributed by atoms with Gasteiger partial charge in [0.25, 0.3) is 0 Å². The average Bonchev–Trinajstić information content (AvgIpc) is 2.87. The van der Waals surface area contributed by atoms with Gasteiger partial charge in [0.1, 0.15) is 11.7 Å². The third kappa shape index (κ3) is 2.61. The smallest absolute Gasteiger partial charge is 0.339 e. The van der Waals surface area contributed by atoms with Gasteiger partial charge in [0, 0.05) is 19.8 Å². The molecular weight excluding hydrogens is 246 g/mol. The Labute approximate surface area is 110 Å². The lowest BCUT2D eigenvalue weighted by molar-refractivity contribution is 0.0687. The van der Waals surface area contributed by atoms with Crippen molar-refractivity contribution in [1.82, 2.24) is 0 Å². The third-order valence-corrected chi connectivity index (χ3v) is 2.90. The number of hydrogen-bond acceptors (Lipinski definition) is 4. The van der Waals surface area contributed by atoms with Crippen LogP contribution in [-0.4, -0.2) is 30.3 Å². The Bertz CT molecular complexity index is 571. The number of nitrogens with zero attached hydrogens (tertiary/aromatic N) is 1. The van der Waals surface area contributed by atoms with E-state index in [4.69, 9.17) is 9.52 Å². The summed E-state index contributed by atoms with van der Waals surface area (Å²) in [5.41, 5.74) is 1.56. The number of aliphatic hydroxyl groups is 1. The molecule has 0 radical (unpaired) electrons. The van der Waals surface area contributed by atoms with Gasteiger partial charge in [0.2, 0.25) is 0 Å². The van der Waals surface area contributed by atoms with Crippen molar-refractivity contribution in [1.29, 1.82) is 0 Å². The van der Waals surface area contributed by atoms with Crippen LogP contribution in [-0.2, 0) is 0 Å². The van der Waals surface area contributed by atoms with E-state index in [1.807, 2.05) is 31.1 Å². The predicted molar refractivity (Wildman–Crippen MR) is 70.5 cm³/mol. The van der Waals surface area contributed by atoms with Crippen molar-refractivity contribution in [2.45, 2.75) is 6.10 Å². The molecule has 0 saturated carbocycles. The molecule has 0 aliphatic rings. The van der Waals surface area contributed by atoms with Crippen molar-refractivity contribution < 1.29 is 19.4 Å². The first-order valence-corrected chi connectivity index (χ1v) is 5.76. The lowest BCUT2D eigenvalue weighted by Crippen LogP contribution is -2.09. The van der Waals surface area contributed by atoms with Gasteiger partial charge < -0.3 is 19.5 Å². The summed E-state index contributed by atoms with van der Waals surface area (Å²) in [6.07, 6.45) is 0.174. The van der Waals surface area contributed by atoms with Crippen LogP contribution in [0.1, 0.15) is 27.8 Å². The zero-order chi connectivity index (χ0) is 14.0. The minimum atomic E-state index is -1.12. The predicted octanol–water partition coefficient (Wildman–Crippen LogP) is 2.13. The molecule has 0 aliphatic carbocycles. The molecule has 1 heterocycles. The van der Waals surface area contributed by atoms with Gasteiger partial charge in [-0.15, -0.1) is 0 Å². The van der Waals surface area contributed by atoms with Crippen LogP contribution in [0.15, 0.2) is 41.0 Å². The Morgan fingerprint density at radius 2 is 1.84 bits per heavy atom. The summed E-state index contributed by atoms with van der Waals surface area (Å²) >= 11 is 0. The van der Waals surface area contributed by atoms with E-state index in [1.54, 1.807) is 12.1 Å². The van der Waals surface area contributed by atoms with E-state index in [0.717, 1.165) is 5.69 Å². The van der Waals surface area contributed by atoms with Crippen LogP contribution in [0.2, 0.25) is 0 Å². The van der Waals surface area contributed by atoms with Crippen LogP contribution in [0.3, 0.4) is 0 Å². The highest BCUT2D eigenvalue weighted by Crippen LogP contribution is 2.27. The molecule has 5 heteroatoms. The lowest BCUT2D eigenvalue weighted by atomic mass is 10.0. The van der Waals surface area contributed by atoms with E-state index in [0.29, 0.717) is 5.56 Å². The molecule has 1 unspecified atom stereocenters. The molecule has 0 spiro atoms. The van der Waals surface area contributed by atoms with Crippen LogP contribution in [0.5, 0.6) is 0 Å². The number of benzene rings is 1. The summed E-state index contributed by atoms with van der Waals surface area (Å²) in [4.78, 5) is 12.9. The summed E-state index contributed by atoms with van der Waals surface area (Å²) in [6.45, 7) is 0. The topological polar surface area (TPSA) is 73.9 Å². The second-order valence-corrected chi connectivity index (χ2v) is 4.39. The van der Waals surface area contributed by atoms with Gasteiger partial charge in [-0.05, 0) is 23.8 Å². The van der Waals surface area contributed by atoms with Crippen molar-refractivity contribution in [3.05, 3.63) is 53.5 Å². The molecule has 2 N–H and O–H groups in total. The Morgan fingerprint density at radius 1 is 1.21 bits per heavy atom. The van der Waals surface area contributed by atoms with E-state index in [2.05, 4.69) is 0 Å². The molecule has 19 heavy (non-hydrogen) atoms. The summed E-state index contributed by atoms with van der Waals surface area (Å²) in [7, 11) is 3.83. The number of carboxylic acid groups (broad SMARTS) is 1. The van der Waals surface area contributed by atoms with E-state index in [-0.39, 0.29) is 11.3 Å². The minimum Gasteiger partial charge on any atom is -0.478 e. The average molecular weight is 261 g/mol. The molecule has 0 amide bonds. The second kappa shape index (κ2) is 5.16. The Hall–Kier alpha value is -2.27. The van der Waals surface area contributed by atoms with E-state index < -0.39 is 12.1 Å². The fraction of sp³-hybridized carbons (Fsp3) is 0.214. The SMILES string of the molecule is CN(C)c1ccc(C(O)c2occc2C(=O)O)cc1. The minimum absolute atomic E-state index is 0.0239. The maximum absolute atomic E-state index is 11.0. The molecule has 2 rings (SSSR count). The number of hydrogen-bond donors (Lipinski definition) is 2. The maximum atomic E-state index is 11.0. The number of carboxylic acids is 1. The molecule has 0 bridgehead atoms. The van der Waals surface area contributed by atoms with Gasteiger partial charge in [0.15, 0.2) is 5.76 Å². The molecular formula is C14H15NO4. The highest BCUT2D eigenvalue weighted by molar-refractivity contribution is 5.88. The van der Waals surface area contributed by atoms with Gasteiger partial charge in [-0.2, -0.15) is 0 Å². The second-order valence-electron chi connectivity index (χ2n) is 4.39. The van der Waals surface area contributed by atoms with Crippen molar-refractivity contribution in [3.63, 3.8) is 0 Å². The standard InChI is InChI=1S/C14H15NO4/c1-15(2)10-5-3-9(4-6-10)12(16)13-11(14(17)18)7-8-19-13/h3-8,12,16H,1-2H3,(H,17,18). The maximum Gasteiger partial charge on any atom is 0.339 e. The van der Waals surface area contributed by atoms with Gasteiger partial charge in [-0.25, -0.2) is 4.79 Å². The van der Waals surface area contributed by atoms with Gasteiger partial charge in [-0.1, -0.05) is 12.1 Å². The third-order valence-electron chi connectivity index (χ3n) is 2.90. The molecule has 1 aromatic carbocycles. The summed E-state index contributed by atoms with van der Waals surface area (Å²) < 4.78 is 5.08. The summed E-state index contributed by atoms with van der Waals surface area (Å²) in [6, 6.07) is 8.52. The first kappa shape index (κ1) is 13.2. The largest absolute Gasteiger partial charge is 0.478 e. The van der Waals surface area contributed by atoms with E-state index in [9.17, 15) is 9.90 Å². The Kier molecular flexibility index (Phi) is 3.57. The molecule has 0 fully saturated rings. The van der Waals surface area contributed by atoms with Crippen LogP contribution in [0.4, 0.5) is 5.69 Å².